The molecular weight excluding hydrogens is 428 g/mol. The second-order valence-electron chi connectivity index (χ2n) is 8.12. The molecule has 0 aliphatic carbocycles. The molecule has 13 heteroatoms. The van der Waals surface area contributed by atoms with E-state index in [0.29, 0.717) is 0 Å². The molecule has 0 saturated heterocycles. The van der Waals surface area contributed by atoms with Gasteiger partial charge in [0.15, 0.2) is 0 Å². The molecule has 0 radical (unpaired) electrons. The topological polar surface area (TPSA) is 225 Å². The Kier molecular flexibility index (Phi) is 11.9. The Labute approximate surface area is 185 Å². The van der Waals surface area contributed by atoms with E-state index in [4.69, 9.17) is 21.1 Å². The first kappa shape index (κ1) is 28.8. The molecule has 182 valence electrons. The molecular formula is C19H32N4O9. The molecule has 0 heterocycles. The quantitative estimate of drug-likeness (QED) is 0.159. The van der Waals surface area contributed by atoms with Crippen molar-refractivity contribution in [2.75, 3.05) is 0 Å². The first-order valence-corrected chi connectivity index (χ1v) is 9.98. The summed E-state index contributed by atoms with van der Waals surface area (Å²) in [6, 6.07) is -5.57. The number of carboxylic acid groups (broad SMARTS) is 3. The van der Waals surface area contributed by atoms with E-state index in [9.17, 15) is 28.8 Å². The van der Waals surface area contributed by atoms with Gasteiger partial charge in [0, 0.05) is 0 Å². The number of nitrogens with two attached hydrogens (primary N) is 1. The van der Waals surface area contributed by atoms with Crippen LogP contribution in [0.4, 0.5) is 0 Å². The third-order valence-electron chi connectivity index (χ3n) is 4.37. The van der Waals surface area contributed by atoms with Crippen molar-refractivity contribution < 1.29 is 44.1 Å². The Balaban J connectivity index is 5.56. The molecule has 0 saturated carbocycles. The van der Waals surface area contributed by atoms with Gasteiger partial charge in [-0.1, -0.05) is 27.7 Å². The van der Waals surface area contributed by atoms with Crippen molar-refractivity contribution in [3.8, 4) is 0 Å². The lowest BCUT2D eigenvalue weighted by Crippen LogP contribution is -2.58. The minimum Gasteiger partial charge on any atom is -0.481 e. The molecule has 0 aliphatic rings. The summed E-state index contributed by atoms with van der Waals surface area (Å²) in [5.74, 6) is -7.57. The molecule has 8 N–H and O–H groups in total. The van der Waals surface area contributed by atoms with Crippen LogP contribution in [0.2, 0.25) is 0 Å². The van der Waals surface area contributed by atoms with Crippen molar-refractivity contribution in [1.29, 1.82) is 0 Å². The second-order valence-corrected chi connectivity index (χ2v) is 8.12. The van der Waals surface area contributed by atoms with E-state index in [1.807, 2.05) is 5.32 Å². The Bertz CT molecular complexity index is 724. The second kappa shape index (κ2) is 13.2. The number of amides is 3. The largest absolute Gasteiger partial charge is 0.481 e. The van der Waals surface area contributed by atoms with Crippen LogP contribution in [0.1, 0.15) is 47.0 Å². The average Bonchev–Trinajstić information content (AvgIpc) is 2.64. The minimum atomic E-state index is -1.83. The van der Waals surface area contributed by atoms with Gasteiger partial charge in [-0.25, -0.2) is 4.79 Å². The minimum absolute atomic E-state index is 0.0694. The first-order chi connectivity index (χ1) is 14.6. The highest BCUT2D eigenvalue weighted by molar-refractivity contribution is 5.96. The summed E-state index contributed by atoms with van der Waals surface area (Å²) >= 11 is 0. The van der Waals surface area contributed by atoms with E-state index in [0.717, 1.165) is 0 Å². The maximum Gasteiger partial charge on any atom is 0.326 e. The lowest BCUT2D eigenvalue weighted by Gasteiger charge is -2.26. The van der Waals surface area contributed by atoms with Gasteiger partial charge >= 0.3 is 17.9 Å². The lowest BCUT2D eigenvalue weighted by atomic mass is 10.00. The monoisotopic (exact) mass is 460 g/mol. The van der Waals surface area contributed by atoms with Crippen molar-refractivity contribution in [1.82, 2.24) is 16.0 Å². The molecule has 0 spiro atoms. The molecule has 13 nitrogen and oxygen atoms in total. The number of carbonyl (C=O) groups is 6. The number of hydrogen-bond acceptors (Lipinski definition) is 7. The summed E-state index contributed by atoms with van der Waals surface area (Å²) in [6.07, 6.45) is -1.70. The van der Waals surface area contributed by atoms with Gasteiger partial charge in [0.1, 0.15) is 18.1 Å². The van der Waals surface area contributed by atoms with Gasteiger partial charge in [-0.3, -0.25) is 24.0 Å². The van der Waals surface area contributed by atoms with Crippen LogP contribution in [0.25, 0.3) is 0 Å². The molecule has 0 aromatic rings. The van der Waals surface area contributed by atoms with Crippen molar-refractivity contribution in [2.45, 2.75) is 71.1 Å². The van der Waals surface area contributed by atoms with E-state index in [-0.39, 0.29) is 18.3 Å². The fourth-order valence-electron chi connectivity index (χ4n) is 2.58. The highest BCUT2D eigenvalue weighted by atomic mass is 16.4. The van der Waals surface area contributed by atoms with Crippen molar-refractivity contribution in [2.24, 2.45) is 17.6 Å². The zero-order valence-electron chi connectivity index (χ0n) is 18.5. The van der Waals surface area contributed by atoms with E-state index < -0.39 is 72.6 Å². The predicted octanol–water partition coefficient (Wildman–Crippen LogP) is -1.50. The molecule has 0 aliphatic heterocycles. The van der Waals surface area contributed by atoms with Crippen LogP contribution in [-0.4, -0.2) is 75.1 Å². The molecule has 4 unspecified atom stereocenters. The normalized spacial score (nSPS) is 14.7. The fourth-order valence-corrected chi connectivity index (χ4v) is 2.58. The number of carbonyl (C=O) groups excluding carboxylic acids is 3. The highest BCUT2D eigenvalue weighted by Gasteiger charge is 2.32. The van der Waals surface area contributed by atoms with Crippen molar-refractivity contribution in [3.63, 3.8) is 0 Å². The Morgan fingerprint density at radius 1 is 0.688 bits per heavy atom. The summed E-state index contributed by atoms with van der Waals surface area (Å²) in [4.78, 5) is 70.6. The molecule has 4 atom stereocenters. The summed E-state index contributed by atoms with van der Waals surface area (Å²) in [7, 11) is 0. The molecule has 0 aromatic heterocycles. The highest BCUT2D eigenvalue weighted by Crippen LogP contribution is 2.08. The van der Waals surface area contributed by atoms with Crippen LogP contribution in [-0.2, 0) is 28.8 Å². The number of nitrogens with one attached hydrogen (secondary N) is 3. The predicted molar refractivity (Wildman–Crippen MR) is 110 cm³/mol. The van der Waals surface area contributed by atoms with Gasteiger partial charge in [0.2, 0.25) is 17.7 Å². The first-order valence-electron chi connectivity index (χ1n) is 9.98. The third-order valence-corrected chi connectivity index (χ3v) is 4.37. The summed E-state index contributed by atoms with van der Waals surface area (Å²) < 4.78 is 0. The van der Waals surface area contributed by atoms with Gasteiger partial charge in [-0.2, -0.15) is 0 Å². The number of hydrogen-bond donors (Lipinski definition) is 7. The molecule has 0 bridgehead atoms. The van der Waals surface area contributed by atoms with Crippen LogP contribution in [0.3, 0.4) is 0 Å². The van der Waals surface area contributed by atoms with Crippen LogP contribution < -0.4 is 21.7 Å². The van der Waals surface area contributed by atoms with Gasteiger partial charge < -0.3 is 37.0 Å². The van der Waals surface area contributed by atoms with E-state index in [1.54, 1.807) is 27.7 Å². The SMILES string of the molecule is CC(C)CC(NC(=O)C(N)C(C)C)C(=O)NC(CC(=O)O)C(=O)NC(CC(=O)O)C(=O)O. The lowest BCUT2D eigenvalue weighted by molar-refractivity contribution is -0.148. The van der Waals surface area contributed by atoms with Gasteiger partial charge in [-0.05, 0) is 18.3 Å². The maximum absolute atomic E-state index is 12.8. The third kappa shape index (κ3) is 10.7. The van der Waals surface area contributed by atoms with Gasteiger partial charge in [-0.15, -0.1) is 0 Å². The number of aliphatic carboxylic acids is 3. The van der Waals surface area contributed by atoms with E-state index >= 15 is 0 Å². The summed E-state index contributed by atoms with van der Waals surface area (Å²) in [6.45, 7) is 6.98. The standard InChI is InChI=1S/C19H32N4O9/c1-8(2)5-10(22-18(30)15(20)9(3)4)16(28)21-11(6-13(24)25)17(29)23-12(19(31)32)7-14(26)27/h8-12,15H,5-7,20H2,1-4H3,(H,21,28)(H,22,30)(H,23,29)(H,24,25)(H,26,27)(H,31,32). The Hall–Kier alpha value is -3.22. The number of carboxylic acids is 3. The molecule has 0 fully saturated rings. The van der Waals surface area contributed by atoms with Crippen molar-refractivity contribution >= 4 is 35.6 Å². The molecule has 0 aromatic carbocycles. The van der Waals surface area contributed by atoms with E-state index in [2.05, 4.69) is 10.6 Å². The zero-order valence-corrected chi connectivity index (χ0v) is 18.5. The Morgan fingerprint density at radius 2 is 1.09 bits per heavy atom. The summed E-state index contributed by atoms with van der Waals surface area (Å²) in [5.41, 5.74) is 5.79. The fraction of sp³-hybridized carbons (Fsp3) is 0.684. The van der Waals surface area contributed by atoms with Crippen LogP contribution in [0.5, 0.6) is 0 Å². The van der Waals surface area contributed by atoms with Crippen LogP contribution >= 0.6 is 0 Å². The summed E-state index contributed by atoms with van der Waals surface area (Å²) in [5, 5.41) is 33.5. The zero-order chi connectivity index (χ0) is 25.2. The maximum atomic E-state index is 12.8. The van der Waals surface area contributed by atoms with Crippen LogP contribution in [0, 0.1) is 11.8 Å². The van der Waals surface area contributed by atoms with Crippen LogP contribution in [0.15, 0.2) is 0 Å². The molecule has 0 rings (SSSR count). The number of rotatable bonds is 14. The van der Waals surface area contributed by atoms with Crippen molar-refractivity contribution in [3.05, 3.63) is 0 Å². The van der Waals surface area contributed by atoms with Gasteiger partial charge in [0.25, 0.3) is 0 Å². The molecule has 32 heavy (non-hydrogen) atoms. The smallest absolute Gasteiger partial charge is 0.326 e. The van der Waals surface area contributed by atoms with E-state index in [1.165, 1.54) is 0 Å². The van der Waals surface area contributed by atoms with Gasteiger partial charge in [0.05, 0.1) is 18.9 Å². The molecule has 3 amide bonds. The average molecular weight is 460 g/mol. The Morgan fingerprint density at radius 3 is 1.50 bits per heavy atom.